The van der Waals surface area contributed by atoms with E-state index in [1.807, 2.05) is 18.2 Å². The van der Waals surface area contributed by atoms with Gasteiger partial charge in [0.1, 0.15) is 0 Å². The summed E-state index contributed by atoms with van der Waals surface area (Å²) in [5.74, 6) is -0.0789. The van der Waals surface area contributed by atoms with Crippen LogP contribution >= 0.6 is 0 Å². The Labute approximate surface area is 102 Å². The number of nitrogens with one attached hydrogen (secondary N) is 1. The standard InChI is InChI=1S/C14H19NO2/c1-11-6-3-4-7-12(11)15-10-14(8-5-9-14)13(16)17-2/h3-4,6-7,15H,5,8-10H2,1-2H3. The maximum atomic E-state index is 11.8. The number of hydrogen-bond acceptors (Lipinski definition) is 3. The molecule has 0 amide bonds. The Morgan fingerprint density at radius 2 is 2.12 bits per heavy atom. The second-order valence-corrected chi connectivity index (χ2v) is 4.79. The van der Waals surface area contributed by atoms with Crippen molar-refractivity contribution in [3.63, 3.8) is 0 Å². The van der Waals surface area contributed by atoms with Crippen molar-refractivity contribution < 1.29 is 9.53 Å². The van der Waals surface area contributed by atoms with Crippen molar-refractivity contribution in [3.05, 3.63) is 29.8 Å². The van der Waals surface area contributed by atoms with Crippen LogP contribution in [0.1, 0.15) is 24.8 Å². The maximum absolute atomic E-state index is 11.8. The molecule has 0 unspecified atom stereocenters. The number of carbonyl (C=O) groups excluding carboxylic acids is 1. The van der Waals surface area contributed by atoms with Gasteiger partial charge in [0.05, 0.1) is 12.5 Å². The fourth-order valence-electron chi connectivity index (χ4n) is 2.31. The molecule has 1 N–H and O–H groups in total. The summed E-state index contributed by atoms with van der Waals surface area (Å²) < 4.78 is 4.90. The number of aryl methyl sites for hydroxylation is 1. The number of methoxy groups -OCH3 is 1. The minimum absolute atomic E-state index is 0.0789. The molecule has 1 aliphatic rings. The molecule has 17 heavy (non-hydrogen) atoms. The van der Waals surface area contributed by atoms with Crippen molar-refractivity contribution in [2.24, 2.45) is 5.41 Å². The molecule has 0 bridgehead atoms. The minimum atomic E-state index is -0.295. The number of anilines is 1. The van der Waals surface area contributed by atoms with Gasteiger partial charge >= 0.3 is 5.97 Å². The van der Waals surface area contributed by atoms with Crippen molar-refractivity contribution >= 4 is 11.7 Å². The number of carbonyl (C=O) groups is 1. The first-order valence-electron chi connectivity index (χ1n) is 6.06. The first kappa shape index (κ1) is 12.0. The van der Waals surface area contributed by atoms with Gasteiger partial charge in [0.2, 0.25) is 0 Å². The molecule has 0 spiro atoms. The third-order valence-corrected chi connectivity index (χ3v) is 3.69. The molecular weight excluding hydrogens is 214 g/mol. The lowest BCUT2D eigenvalue weighted by molar-refractivity contribution is -0.157. The van der Waals surface area contributed by atoms with Crippen LogP contribution in [-0.2, 0) is 9.53 Å². The number of para-hydroxylation sites is 1. The van der Waals surface area contributed by atoms with Gasteiger partial charge in [-0.15, -0.1) is 0 Å². The van der Waals surface area contributed by atoms with Crippen LogP contribution in [0, 0.1) is 12.3 Å². The van der Waals surface area contributed by atoms with E-state index in [4.69, 9.17) is 4.74 Å². The molecule has 3 nitrogen and oxygen atoms in total. The molecule has 0 atom stereocenters. The summed E-state index contributed by atoms with van der Waals surface area (Å²) >= 11 is 0. The van der Waals surface area contributed by atoms with Gasteiger partial charge in [0.15, 0.2) is 0 Å². The number of ether oxygens (including phenoxy) is 1. The molecule has 92 valence electrons. The Balaban J connectivity index is 2.02. The minimum Gasteiger partial charge on any atom is -0.469 e. The van der Waals surface area contributed by atoms with Crippen molar-refractivity contribution in [3.8, 4) is 0 Å². The number of rotatable bonds is 4. The van der Waals surface area contributed by atoms with Crippen LogP contribution < -0.4 is 5.32 Å². The summed E-state index contributed by atoms with van der Waals surface area (Å²) in [5.41, 5.74) is 2.01. The molecule has 1 saturated carbocycles. The van der Waals surface area contributed by atoms with Crippen LogP contribution in [0.5, 0.6) is 0 Å². The summed E-state index contributed by atoms with van der Waals surface area (Å²) in [6.45, 7) is 2.73. The lowest BCUT2D eigenvalue weighted by atomic mass is 9.68. The number of hydrogen-bond donors (Lipinski definition) is 1. The summed E-state index contributed by atoms with van der Waals surface area (Å²) in [5, 5.41) is 3.37. The zero-order valence-electron chi connectivity index (χ0n) is 10.5. The van der Waals surface area contributed by atoms with Gasteiger partial charge in [-0.2, -0.15) is 0 Å². The summed E-state index contributed by atoms with van der Waals surface area (Å²) in [6, 6.07) is 8.12. The van der Waals surface area contributed by atoms with Gasteiger partial charge in [0, 0.05) is 12.2 Å². The van der Waals surface area contributed by atoms with E-state index in [0.717, 1.165) is 24.9 Å². The zero-order chi connectivity index (χ0) is 12.3. The van der Waals surface area contributed by atoms with E-state index in [1.54, 1.807) is 0 Å². The number of benzene rings is 1. The zero-order valence-corrected chi connectivity index (χ0v) is 10.5. The smallest absolute Gasteiger partial charge is 0.313 e. The van der Waals surface area contributed by atoms with Crippen molar-refractivity contribution in [1.82, 2.24) is 0 Å². The van der Waals surface area contributed by atoms with E-state index >= 15 is 0 Å². The first-order chi connectivity index (χ1) is 8.18. The van der Waals surface area contributed by atoms with Crippen LogP contribution in [0.25, 0.3) is 0 Å². The van der Waals surface area contributed by atoms with Gasteiger partial charge in [-0.25, -0.2) is 0 Å². The van der Waals surface area contributed by atoms with Gasteiger partial charge in [-0.3, -0.25) is 4.79 Å². The highest BCUT2D eigenvalue weighted by atomic mass is 16.5. The molecule has 0 heterocycles. The third-order valence-electron chi connectivity index (χ3n) is 3.69. The molecule has 1 fully saturated rings. The van der Waals surface area contributed by atoms with Crippen molar-refractivity contribution in [1.29, 1.82) is 0 Å². The van der Waals surface area contributed by atoms with Crippen LogP contribution in [0.2, 0.25) is 0 Å². The lowest BCUT2D eigenvalue weighted by Crippen LogP contribution is -2.44. The Hall–Kier alpha value is -1.51. The Bertz CT molecular complexity index is 410. The second-order valence-electron chi connectivity index (χ2n) is 4.79. The highest BCUT2D eigenvalue weighted by Crippen LogP contribution is 2.42. The normalized spacial score (nSPS) is 17.1. The van der Waals surface area contributed by atoms with E-state index in [9.17, 15) is 4.79 Å². The highest BCUT2D eigenvalue weighted by molar-refractivity contribution is 5.78. The van der Waals surface area contributed by atoms with Crippen LogP contribution in [0.15, 0.2) is 24.3 Å². The van der Waals surface area contributed by atoms with Gasteiger partial charge < -0.3 is 10.1 Å². The molecule has 0 radical (unpaired) electrons. The van der Waals surface area contributed by atoms with E-state index in [-0.39, 0.29) is 11.4 Å². The largest absolute Gasteiger partial charge is 0.469 e. The summed E-state index contributed by atoms with van der Waals surface area (Å²) in [7, 11) is 1.47. The van der Waals surface area contributed by atoms with Gasteiger partial charge in [0.25, 0.3) is 0 Å². The predicted molar refractivity (Wildman–Crippen MR) is 68.0 cm³/mol. The van der Waals surface area contributed by atoms with E-state index in [2.05, 4.69) is 18.3 Å². The summed E-state index contributed by atoms with van der Waals surface area (Å²) in [4.78, 5) is 11.8. The Morgan fingerprint density at radius 1 is 1.41 bits per heavy atom. The highest BCUT2D eigenvalue weighted by Gasteiger charge is 2.45. The quantitative estimate of drug-likeness (QED) is 0.813. The fraction of sp³-hybridized carbons (Fsp3) is 0.500. The molecular formula is C14H19NO2. The average molecular weight is 233 g/mol. The molecule has 3 heteroatoms. The first-order valence-corrected chi connectivity index (χ1v) is 6.06. The van der Waals surface area contributed by atoms with Gasteiger partial charge in [-0.1, -0.05) is 24.6 Å². The molecule has 1 aromatic rings. The SMILES string of the molecule is COC(=O)C1(CNc2ccccc2C)CCC1. The van der Waals surface area contributed by atoms with Gasteiger partial charge in [-0.05, 0) is 31.4 Å². The lowest BCUT2D eigenvalue weighted by Gasteiger charge is -2.39. The fourth-order valence-corrected chi connectivity index (χ4v) is 2.31. The topological polar surface area (TPSA) is 38.3 Å². The van der Waals surface area contributed by atoms with Crippen LogP contribution in [0.4, 0.5) is 5.69 Å². The molecule has 0 aliphatic heterocycles. The molecule has 2 rings (SSSR count). The Morgan fingerprint density at radius 3 is 2.65 bits per heavy atom. The maximum Gasteiger partial charge on any atom is 0.313 e. The third kappa shape index (κ3) is 2.28. The van der Waals surface area contributed by atoms with E-state index < -0.39 is 0 Å². The van der Waals surface area contributed by atoms with Crippen molar-refractivity contribution in [2.75, 3.05) is 19.0 Å². The molecule has 1 aromatic carbocycles. The average Bonchev–Trinajstić information content (AvgIpc) is 2.29. The molecule has 0 aromatic heterocycles. The van der Waals surface area contributed by atoms with Crippen LogP contribution in [-0.4, -0.2) is 19.6 Å². The Kier molecular flexibility index (Phi) is 3.36. The van der Waals surface area contributed by atoms with E-state index in [0.29, 0.717) is 6.54 Å². The molecule has 0 saturated heterocycles. The summed E-state index contributed by atoms with van der Waals surface area (Å²) in [6.07, 6.45) is 2.97. The van der Waals surface area contributed by atoms with E-state index in [1.165, 1.54) is 12.7 Å². The number of esters is 1. The van der Waals surface area contributed by atoms with Crippen LogP contribution in [0.3, 0.4) is 0 Å². The van der Waals surface area contributed by atoms with Crippen molar-refractivity contribution in [2.45, 2.75) is 26.2 Å². The second kappa shape index (κ2) is 4.78. The molecule has 1 aliphatic carbocycles. The monoisotopic (exact) mass is 233 g/mol. The predicted octanol–water partition coefficient (Wildman–Crippen LogP) is 2.75.